The van der Waals surface area contributed by atoms with Crippen molar-refractivity contribution in [3.63, 3.8) is 0 Å². The van der Waals surface area contributed by atoms with Gasteiger partial charge in [-0.1, -0.05) is 0 Å². The zero-order chi connectivity index (χ0) is 13.2. The molecule has 1 aromatic rings. The molecule has 100 valence electrons. The third-order valence-electron chi connectivity index (χ3n) is 1.73. The van der Waals surface area contributed by atoms with Crippen LogP contribution in [0.5, 0.6) is 0 Å². The van der Waals surface area contributed by atoms with E-state index in [1.807, 2.05) is 0 Å². The van der Waals surface area contributed by atoms with E-state index in [-0.39, 0.29) is 26.0 Å². The Bertz CT molecular complexity index is 349. The van der Waals surface area contributed by atoms with Crippen molar-refractivity contribution < 1.29 is 14.3 Å². The number of aromatic nitrogens is 3. The van der Waals surface area contributed by atoms with E-state index in [0.29, 0.717) is 18.2 Å². The van der Waals surface area contributed by atoms with Crippen LogP contribution in [0.3, 0.4) is 0 Å². The molecule has 0 saturated heterocycles. The Morgan fingerprint density at radius 1 is 0.944 bits per heavy atom. The van der Waals surface area contributed by atoms with Gasteiger partial charge in [0.15, 0.2) is 0 Å². The monoisotopic (exact) mass is 256 g/mol. The molecule has 18 heavy (non-hydrogen) atoms. The number of nitrogens with one attached hydrogen (secondary N) is 3. The molecule has 0 aliphatic carbocycles. The van der Waals surface area contributed by atoms with Crippen LogP contribution in [0.4, 0.5) is 17.8 Å². The quantitative estimate of drug-likeness (QED) is 0.398. The fourth-order valence-corrected chi connectivity index (χ4v) is 1.02. The fourth-order valence-electron chi connectivity index (χ4n) is 1.02. The van der Waals surface area contributed by atoms with Crippen molar-refractivity contribution in [1.82, 2.24) is 15.0 Å². The molecule has 9 heteroatoms. The summed E-state index contributed by atoms with van der Waals surface area (Å²) in [6.45, 7) is 0.652. The summed E-state index contributed by atoms with van der Waals surface area (Å²) in [6, 6.07) is 0. The van der Waals surface area contributed by atoms with E-state index < -0.39 is 0 Å². The van der Waals surface area contributed by atoms with Crippen LogP contribution in [-0.4, -0.2) is 55.5 Å². The molecule has 3 N–H and O–H groups in total. The standard InChI is InChI=1S/C9H16N6O3/c1-17-5-11-8-13-7(10-3-4-16)14-9(15-8)12-6-18-2/h4H,3,5-6H2,1-2H3,(H3,10,11,12,13,14,15). The molecule has 0 saturated carbocycles. The predicted octanol–water partition coefficient (Wildman–Crippen LogP) is -0.486. The Balaban J connectivity index is 2.77. The second-order valence-electron chi connectivity index (χ2n) is 3.07. The molecule has 1 aromatic heterocycles. The number of rotatable bonds is 9. The van der Waals surface area contributed by atoms with Crippen molar-refractivity contribution in [2.24, 2.45) is 0 Å². The van der Waals surface area contributed by atoms with Crippen LogP contribution in [0.15, 0.2) is 0 Å². The van der Waals surface area contributed by atoms with Crippen molar-refractivity contribution in [2.75, 3.05) is 50.2 Å². The van der Waals surface area contributed by atoms with Crippen molar-refractivity contribution in [3.8, 4) is 0 Å². The summed E-state index contributed by atoms with van der Waals surface area (Å²) >= 11 is 0. The molecule has 1 rings (SSSR count). The topological polar surface area (TPSA) is 110 Å². The van der Waals surface area contributed by atoms with Crippen LogP contribution >= 0.6 is 0 Å². The molecule has 0 bridgehead atoms. The van der Waals surface area contributed by atoms with Gasteiger partial charge in [0, 0.05) is 14.2 Å². The number of hydrogen-bond acceptors (Lipinski definition) is 9. The van der Waals surface area contributed by atoms with Gasteiger partial charge in [0.25, 0.3) is 0 Å². The van der Waals surface area contributed by atoms with Gasteiger partial charge >= 0.3 is 0 Å². The van der Waals surface area contributed by atoms with Crippen molar-refractivity contribution in [3.05, 3.63) is 0 Å². The number of carbonyl (C=O) groups excluding carboxylic acids is 1. The Morgan fingerprint density at radius 2 is 1.39 bits per heavy atom. The zero-order valence-corrected chi connectivity index (χ0v) is 10.3. The van der Waals surface area contributed by atoms with Gasteiger partial charge in [-0.05, 0) is 0 Å². The number of methoxy groups -OCH3 is 2. The highest BCUT2D eigenvalue weighted by Crippen LogP contribution is 2.08. The molecule has 0 aliphatic rings. The molecule has 0 fully saturated rings. The van der Waals surface area contributed by atoms with Crippen LogP contribution in [0.2, 0.25) is 0 Å². The molecular formula is C9H16N6O3. The molecule has 0 aromatic carbocycles. The maximum atomic E-state index is 10.3. The van der Waals surface area contributed by atoms with Crippen molar-refractivity contribution in [2.45, 2.75) is 0 Å². The molecule has 0 aliphatic heterocycles. The summed E-state index contributed by atoms with van der Waals surface area (Å²) in [5.74, 6) is 0.951. The van der Waals surface area contributed by atoms with E-state index in [1.54, 1.807) is 14.2 Å². The summed E-state index contributed by atoms with van der Waals surface area (Å²) in [5.41, 5.74) is 0. The van der Waals surface area contributed by atoms with Crippen LogP contribution in [0.25, 0.3) is 0 Å². The van der Waals surface area contributed by atoms with Gasteiger partial charge in [-0.2, -0.15) is 15.0 Å². The average Bonchev–Trinajstić information content (AvgIpc) is 2.40. The lowest BCUT2D eigenvalue weighted by atomic mass is 10.7. The molecule has 1 heterocycles. The van der Waals surface area contributed by atoms with Crippen LogP contribution in [0, 0.1) is 0 Å². The lowest BCUT2D eigenvalue weighted by Crippen LogP contribution is -2.15. The van der Waals surface area contributed by atoms with Crippen molar-refractivity contribution >= 4 is 24.1 Å². The summed E-state index contributed by atoms with van der Waals surface area (Å²) in [4.78, 5) is 22.5. The third kappa shape index (κ3) is 4.89. The van der Waals surface area contributed by atoms with Gasteiger partial charge in [-0.15, -0.1) is 0 Å². The number of aldehydes is 1. The largest absolute Gasteiger partial charge is 0.364 e. The smallest absolute Gasteiger partial charge is 0.231 e. The van der Waals surface area contributed by atoms with Gasteiger partial charge in [0.2, 0.25) is 17.8 Å². The molecule has 0 radical (unpaired) electrons. The third-order valence-corrected chi connectivity index (χ3v) is 1.73. The zero-order valence-electron chi connectivity index (χ0n) is 10.3. The minimum atomic E-state index is 0.122. The predicted molar refractivity (Wildman–Crippen MR) is 65.4 cm³/mol. The van der Waals surface area contributed by atoms with E-state index in [1.165, 1.54) is 0 Å². The second kappa shape index (κ2) is 8.14. The van der Waals surface area contributed by atoms with E-state index in [4.69, 9.17) is 9.47 Å². The van der Waals surface area contributed by atoms with E-state index in [2.05, 4.69) is 30.9 Å². The van der Waals surface area contributed by atoms with Crippen molar-refractivity contribution in [1.29, 1.82) is 0 Å². The van der Waals surface area contributed by atoms with E-state index in [9.17, 15) is 4.79 Å². The number of hydrogen-bond donors (Lipinski definition) is 3. The van der Waals surface area contributed by atoms with Crippen LogP contribution in [-0.2, 0) is 14.3 Å². The number of carbonyl (C=O) groups is 1. The summed E-state index contributed by atoms with van der Waals surface area (Å²) in [7, 11) is 3.09. The van der Waals surface area contributed by atoms with E-state index >= 15 is 0 Å². The normalized spacial score (nSPS) is 9.89. The minimum absolute atomic E-state index is 0.122. The van der Waals surface area contributed by atoms with Gasteiger partial charge in [0.05, 0.1) is 6.54 Å². The number of anilines is 3. The van der Waals surface area contributed by atoms with Crippen LogP contribution in [0.1, 0.15) is 0 Å². The molecule has 9 nitrogen and oxygen atoms in total. The fraction of sp³-hybridized carbons (Fsp3) is 0.556. The van der Waals surface area contributed by atoms with Gasteiger partial charge in [-0.3, -0.25) is 0 Å². The number of ether oxygens (including phenoxy) is 2. The first kappa shape index (κ1) is 14.1. The Labute approximate surface area is 104 Å². The maximum Gasteiger partial charge on any atom is 0.231 e. The molecular weight excluding hydrogens is 240 g/mol. The van der Waals surface area contributed by atoms with Gasteiger partial charge in [0.1, 0.15) is 19.7 Å². The SMILES string of the molecule is COCNc1nc(NCC=O)nc(NCOC)n1. The summed E-state index contributed by atoms with van der Waals surface area (Å²) in [5, 5.41) is 8.40. The molecule has 0 unspecified atom stereocenters. The lowest BCUT2D eigenvalue weighted by molar-refractivity contribution is -0.106. The molecule has 0 spiro atoms. The highest BCUT2D eigenvalue weighted by molar-refractivity contribution is 5.57. The first-order valence-corrected chi connectivity index (χ1v) is 5.19. The Hall–Kier alpha value is -2.00. The Morgan fingerprint density at radius 3 is 1.78 bits per heavy atom. The summed E-state index contributed by atoms with van der Waals surface area (Å²) < 4.78 is 9.71. The first-order chi connectivity index (χ1) is 8.80. The highest BCUT2D eigenvalue weighted by Gasteiger charge is 2.05. The molecule has 0 amide bonds. The Kier molecular flexibility index (Phi) is 6.36. The van der Waals surface area contributed by atoms with Gasteiger partial charge in [-0.25, -0.2) is 0 Å². The van der Waals surface area contributed by atoms with Gasteiger partial charge < -0.3 is 30.2 Å². The second-order valence-corrected chi connectivity index (χ2v) is 3.07. The minimum Gasteiger partial charge on any atom is -0.364 e. The average molecular weight is 256 g/mol. The first-order valence-electron chi connectivity index (χ1n) is 5.19. The maximum absolute atomic E-state index is 10.3. The highest BCUT2D eigenvalue weighted by atomic mass is 16.5. The number of nitrogens with zero attached hydrogens (tertiary/aromatic N) is 3. The van der Waals surface area contributed by atoms with E-state index in [0.717, 1.165) is 0 Å². The lowest BCUT2D eigenvalue weighted by Gasteiger charge is -2.09. The summed E-state index contributed by atoms with van der Waals surface area (Å²) in [6.07, 6.45) is 0.717. The van der Waals surface area contributed by atoms with Crippen LogP contribution < -0.4 is 16.0 Å². The molecule has 0 atom stereocenters.